The van der Waals surface area contributed by atoms with Crippen LogP contribution in [-0.4, -0.2) is 17.7 Å². The number of hydrogen-bond donors (Lipinski definition) is 1. The Hall–Kier alpha value is -2.18. The van der Waals surface area contributed by atoms with Gasteiger partial charge in [0, 0.05) is 0 Å². The minimum Gasteiger partial charge on any atom is -0.494 e. The van der Waals surface area contributed by atoms with E-state index >= 15 is 0 Å². The first kappa shape index (κ1) is 15.2. The molecule has 0 amide bonds. The molecule has 0 aromatic heterocycles. The molecule has 0 aliphatic carbocycles. The average molecular weight is 302 g/mol. The fourth-order valence-electron chi connectivity index (χ4n) is 2.01. The summed E-state index contributed by atoms with van der Waals surface area (Å²) in [6.07, 6.45) is -0.493. The first-order chi connectivity index (χ1) is 9.88. The van der Waals surface area contributed by atoms with Crippen LogP contribution in [0.1, 0.15) is 30.1 Å². The Morgan fingerprint density at radius 3 is 2.76 bits per heavy atom. The normalized spacial score (nSPS) is 18.1. The Kier molecular flexibility index (Phi) is 4.40. The lowest BCUT2D eigenvalue weighted by Crippen LogP contribution is -2.15. The van der Waals surface area contributed by atoms with Crippen molar-refractivity contribution in [3.63, 3.8) is 0 Å². The van der Waals surface area contributed by atoms with Crippen molar-refractivity contribution in [1.82, 2.24) is 0 Å². The SMILES string of the molecule is O=C(O)COc1ccc(C2CCC=CO2)cc1C(F)(F)F. The highest BCUT2D eigenvalue weighted by Gasteiger charge is 2.35. The van der Waals surface area contributed by atoms with Crippen molar-refractivity contribution in [3.8, 4) is 5.75 Å². The average Bonchev–Trinajstić information content (AvgIpc) is 2.45. The van der Waals surface area contributed by atoms with Crippen LogP contribution in [0.4, 0.5) is 13.2 Å². The number of halogens is 3. The number of ether oxygens (including phenoxy) is 2. The third kappa shape index (κ3) is 3.90. The molecule has 2 rings (SSSR count). The van der Waals surface area contributed by atoms with Gasteiger partial charge in [0.1, 0.15) is 11.9 Å². The van der Waals surface area contributed by atoms with Crippen molar-refractivity contribution in [2.45, 2.75) is 25.1 Å². The van der Waals surface area contributed by atoms with Crippen molar-refractivity contribution in [1.29, 1.82) is 0 Å². The predicted molar refractivity (Wildman–Crippen MR) is 66.8 cm³/mol. The first-order valence-corrected chi connectivity index (χ1v) is 6.24. The molecular formula is C14H13F3O4. The monoisotopic (exact) mass is 302 g/mol. The highest BCUT2D eigenvalue weighted by atomic mass is 19.4. The maximum Gasteiger partial charge on any atom is 0.419 e. The van der Waals surface area contributed by atoms with E-state index in [1.165, 1.54) is 12.3 Å². The number of hydrogen-bond acceptors (Lipinski definition) is 3. The Bertz CT molecular complexity index is 552. The second-order valence-corrected chi connectivity index (χ2v) is 4.51. The second kappa shape index (κ2) is 6.07. The molecule has 7 heteroatoms. The number of benzene rings is 1. The minimum absolute atomic E-state index is 0.384. The minimum atomic E-state index is -4.63. The molecule has 1 N–H and O–H groups in total. The molecule has 1 aliphatic rings. The van der Waals surface area contributed by atoms with Crippen molar-refractivity contribution in [3.05, 3.63) is 41.7 Å². The number of carboxylic acid groups (broad SMARTS) is 1. The van der Waals surface area contributed by atoms with E-state index in [1.807, 2.05) is 0 Å². The zero-order valence-corrected chi connectivity index (χ0v) is 10.9. The Balaban J connectivity index is 2.30. The van der Waals surface area contributed by atoms with Gasteiger partial charge in [-0.15, -0.1) is 0 Å². The van der Waals surface area contributed by atoms with Crippen molar-refractivity contribution >= 4 is 5.97 Å². The van der Waals surface area contributed by atoms with E-state index in [2.05, 4.69) is 0 Å². The van der Waals surface area contributed by atoms with Gasteiger partial charge in [-0.25, -0.2) is 4.79 Å². The summed E-state index contributed by atoms with van der Waals surface area (Å²) in [4.78, 5) is 10.4. The van der Waals surface area contributed by atoms with Gasteiger partial charge in [0.2, 0.25) is 0 Å². The third-order valence-electron chi connectivity index (χ3n) is 2.97. The Labute approximate surface area is 118 Å². The number of aliphatic carboxylic acids is 1. The van der Waals surface area contributed by atoms with Gasteiger partial charge in [0.05, 0.1) is 11.8 Å². The van der Waals surface area contributed by atoms with Crippen molar-refractivity contribution in [2.24, 2.45) is 0 Å². The second-order valence-electron chi connectivity index (χ2n) is 4.51. The van der Waals surface area contributed by atoms with E-state index in [-0.39, 0.29) is 0 Å². The summed E-state index contributed by atoms with van der Waals surface area (Å²) >= 11 is 0. The van der Waals surface area contributed by atoms with Gasteiger partial charge < -0.3 is 14.6 Å². The lowest BCUT2D eigenvalue weighted by Gasteiger charge is -2.21. The first-order valence-electron chi connectivity index (χ1n) is 6.24. The quantitative estimate of drug-likeness (QED) is 0.924. The van der Waals surface area contributed by atoms with E-state index in [0.717, 1.165) is 18.6 Å². The van der Waals surface area contributed by atoms with Gasteiger partial charge in [0.25, 0.3) is 0 Å². The van der Waals surface area contributed by atoms with Crippen LogP contribution in [0.2, 0.25) is 0 Å². The summed E-state index contributed by atoms with van der Waals surface area (Å²) in [5, 5.41) is 8.49. The molecule has 1 aromatic carbocycles. The van der Waals surface area contributed by atoms with E-state index in [0.29, 0.717) is 12.0 Å². The van der Waals surface area contributed by atoms with Crippen molar-refractivity contribution < 1.29 is 32.5 Å². The molecule has 1 aromatic rings. The van der Waals surface area contributed by atoms with E-state index in [9.17, 15) is 18.0 Å². The smallest absolute Gasteiger partial charge is 0.419 e. The van der Waals surface area contributed by atoms with Crippen LogP contribution < -0.4 is 4.74 Å². The topological polar surface area (TPSA) is 55.8 Å². The van der Waals surface area contributed by atoms with E-state index in [1.54, 1.807) is 6.08 Å². The maximum absolute atomic E-state index is 13.0. The standard InChI is InChI=1S/C14H13F3O4/c15-14(16,17)10-7-9(11-3-1-2-6-20-11)4-5-12(10)21-8-13(18)19/h2,4-7,11H,1,3,8H2,(H,18,19). The van der Waals surface area contributed by atoms with Gasteiger partial charge in [-0.3, -0.25) is 0 Å². The number of allylic oxidation sites excluding steroid dienone is 1. The Morgan fingerprint density at radius 2 is 2.19 bits per heavy atom. The Morgan fingerprint density at radius 1 is 1.43 bits per heavy atom. The van der Waals surface area contributed by atoms with Crippen LogP contribution in [-0.2, 0) is 15.7 Å². The lowest BCUT2D eigenvalue weighted by molar-refractivity contribution is -0.143. The number of carboxylic acids is 1. The molecule has 1 aliphatic heterocycles. The van der Waals surface area contributed by atoms with Crippen LogP contribution in [0.5, 0.6) is 5.75 Å². The summed E-state index contributed by atoms with van der Waals surface area (Å²) in [7, 11) is 0. The number of rotatable bonds is 4. The summed E-state index contributed by atoms with van der Waals surface area (Å²) in [6.45, 7) is -0.828. The van der Waals surface area contributed by atoms with Crippen LogP contribution >= 0.6 is 0 Å². The predicted octanol–water partition coefficient (Wildman–Crippen LogP) is 3.53. The fraction of sp³-hybridized carbons (Fsp3) is 0.357. The van der Waals surface area contributed by atoms with Gasteiger partial charge >= 0.3 is 12.1 Å². The van der Waals surface area contributed by atoms with E-state index < -0.39 is 36.2 Å². The van der Waals surface area contributed by atoms with E-state index in [4.69, 9.17) is 14.6 Å². The number of carbonyl (C=O) groups is 1. The lowest BCUT2D eigenvalue weighted by atomic mass is 10.0. The van der Waals surface area contributed by atoms with Crippen LogP contribution in [0.15, 0.2) is 30.5 Å². The molecule has 0 bridgehead atoms. The molecule has 1 atom stereocenters. The van der Waals surface area contributed by atoms with Gasteiger partial charge in [0.15, 0.2) is 6.61 Å². The van der Waals surface area contributed by atoms with Gasteiger partial charge in [-0.2, -0.15) is 13.2 Å². The van der Waals surface area contributed by atoms with Gasteiger partial charge in [-0.05, 0) is 36.6 Å². The van der Waals surface area contributed by atoms with Crippen LogP contribution in [0.3, 0.4) is 0 Å². The zero-order chi connectivity index (χ0) is 15.5. The molecule has 0 saturated heterocycles. The molecule has 4 nitrogen and oxygen atoms in total. The molecule has 114 valence electrons. The van der Waals surface area contributed by atoms with Crippen LogP contribution in [0.25, 0.3) is 0 Å². The molecule has 0 fully saturated rings. The fourth-order valence-corrected chi connectivity index (χ4v) is 2.01. The molecule has 1 unspecified atom stereocenters. The highest BCUT2D eigenvalue weighted by Crippen LogP contribution is 2.39. The third-order valence-corrected chi connectivity index (χ3v) is 2.97. The molecule has 21 heavy (non-hydrogen) atoms. The van der Waals surface area contributed by atoms with Crippen molar-refractivity contribution in [2.75, 3.05) is 6.61 Å². The maximum atomic E-state index is 13.0. The van der Waals surface area contributed by atoms with Gasteiger partial charge in [-0.1, -0.05) is 6.07 Å². The summed E-state index contributed by atoms with van der Waals surface area (Å²) in [5.41, 5.74) is -0.617. The largest absolute Gasteiger partial charge is 0.494 e. The molecule has 0 radical (unpaired) electrons. The summed E-state index contributed by atoms with van der Waals surface area (Å²) < 4.78 is 49.1. The summed E-state index contributed by atoms with van der Waals surface area (Å²) in [5.74, 6) is -1.84. The highest BCUT2D eigenvalue weighted by molar-refractivity contribution is 5.68. The summed E-state index contributed by atoms with van der Waals surface area (Å²) in [6, 6.07) is 3.53. The molecule has 0 spiro atoms. The zero-order valence-electron chi connectivity index (χ0n) is 10.9. The molecular weight excluding hydrogens is 289 g/mol. The number of alkyl halides is 3. The molecule has 0 saturated carbocycles. The molecule has 1 heterocycles. The van der Waals surface area contributed by atoms with Crippen LogP contribution in [0, 0.1) is 0 Å².